The zero-order valence-corrected chi connectivity index (χ0v) is 12.9. The second-order valence-corrected chi connectivity index (χ2v) is 5.74. The molecule has 5 heteroatoms. The van der Waals surface area contributed by atoms with Crippen molar-refractivity contribution in [3.05, 3.63) is 29.8 Å². The first kappa shape index (κ1) is 16.7. The molecule has 1 aromatic rings. The van der Waals surface area contributed by atoms with Crippen molar-refractivity contribution in [2.75, 3.05) is 6.61 Å². The summed E-state index contributed by atoms with van der Waals surface area (Å²) in [6.07, 6.45) is 0. The number of esters is 1. The van der Waals surface area contributed by atoms with Crippen LogP contribution in [0.3, 0.4) is 0 Å². The number of hydrogen-bond donors (Lipinski definition) is 1. The van der Waals surface area contributed by atoms with Crippen LogP contribution in [0.25, 0.3) is 0 Å². The van der Waals surface area contributed by atoms with Gasteiger partial charge in [0, 0.05) is 0 Å². The molecule has 0 unspecified atom stereocenters. The topological polar surface area (TPSA) is 55.8 Å². The van der Waals surface area contributed by atoms with E-state index in [1.165, 1.54) is 0 Å². The summed E-state index contributed by atoms with van der Waals surface area (Å²) in [5.41, 5.74) is -0.454. The van der Waals surface area contributed by atoms with Gasteiger partial charge in [-0.1, -0.05) is 18.2 Å². The molecule has 1 rings (SSSR count). The van der Waals surface area contributed by atoms with Gasteiger partial charge in [0.2, 0.25) is 0 Å². The predicted octanol–water partition coefficient (Wildman–Crippen LogP) is 1.41. The summed E-state index contributed by atoms with van der Waals surface area (Å²) in [5, 5.41) is 10.1. The van der Waals surface area contributed by atoms with Crippen LogP contribution in [0.15, 0.2) is 24.3 Å². The molecule has 0 atom stereocenters. The van der Waals surface area contributed by atoms with Gasteiger partial charge in [0.1, 0.15) is 0 Å². The molecule has 0 amide bonds. The molecule has 0 spiro atoms. The van der Waals surface area contributed by atoms with E-state index in [0.717, 1.165) is 5.46 Å². The monoisotopic (exact) mass is 278 g/mol. The summed E-state index contributed by atoms with van der Waals surface area (Å²) in [6, 6.07) is 7.18. The average Bonchev–Trinajstić information content (AvgIpc) is 2.35. The molecule has 0 aromatic heterocycles. The molecule has 0 aliphatic rings. The van der Waals surface area contributed by atoms with Crippen LogP contribution < -0.4 is 5.46 Å². The van der Waals surface area contributed by atoms with Gasteiger partial charge in [-0.15, -0.1) is 0 Å². The fourth-order valence-corrected chi connectivity index (χ4v) is 1.49. The van der Waals surface area contributed by atoms with E-state index in [4.69, 9.17) is 9.39 Å². The highest BCUT2D eigenvalue weighted by Crippen LogP contribution is 2.24. The van der Waals surface area contributed by atoms with E-state index in [1.807, 2.05) is 26.0 Å². The van der Waals surface area contributed by atoms with Gasteiger partial charge < -0.3 is 14.5 Å². The lowest BCUT2D eigenvalue weighted by molar-refractivity contribution is -0.0893. The Morgan fingerprint density at radius 2 is 1.85 bits per heavy atom. The first-order valence-corrected chi connectivity index (χ1v) is 6.80. The molecule has 0 aliphatic carbocycles. The molecule has 20 heavy (non-hydrogen) atoms. The van der Waals surface area contributed by atoms with Crippen LogP contribution in [-0.4, -0.2) is 36.4 Å². The summed E-state index contributed by atoms with van der Waals surface area (Å²) in [6.45, 7) is 9.14. The number of carbonyl (C=O) groups is 1. The molecule has 1 N–H and O–H groups in total. The standard InChI is InChI=1S/C15H23BO4/c1-6-19-13(17)11-9-7-8-10-12(11)16-20-15(4,5)14(2,3)18/h7-10,16,18H,6H2,1-5H3. The summed E-state index contributed by atoms with van der Waals surface area (Å²) in [5.74, 6) is -0.354. The van der Waals surface area contributed by atoms with Crippen molar-refractivity contribution in [1.29, 1.82) is 0 Å². The van der Waals surface area contributed by atoms with E-state index in [9.17, 15) is 9.90 Å². The number of ether oxygens (including phenoxy) is 1. The third-order valence-electron chi connectivity index (χ3n) is 3.57. The van der Waals surface area contributed by atoms with E-state index in [2.05, 4.69) is 0 Å². The van der Waals surface area contributed by atoms with Gasteiger partial charge in [-0.2, -0.15) is 0 Å². The summed E-state index contributed by atoms with van der Waals surface area (Å²) in [4.78, 5) is 11.9. The van der Waals surface area contributed by atoms with Crippen LogP contribution in [0.4, 0.5) is 0 Å². The number of carbonyl (C=O) groups excluding carboxylic acids is 1. The Bertz CT molecular complexity index is 463. The first-order chi connectivity index (χ1) is 9.19. The summed E-state index contributed by atoms with van der Waals surface area (Å²) >= 11 is 0. The van der Waals surface area contributed by atoms with Crippen molar-refractivity contribution < 1.29 is 19.3 Å². The minimum absolute atomic E-state index is 0.242. The molecular weight excluding hydrogens is 255 g/mol. The van der Waals surface area contributed by atoms with Crippen molar-refractivity contribution in [3.8, 4) is 0 Å². The van der Waals surface area contributed by atoms with Gasteiger partial charge in [-0.25, -0.2) is 4.79 Å². The summed E-state index contributed by atoms with van der Waals surface area (Å²) in [7, 11) is 0.242. The molecule has 0 heterocycles. The molecule has 110 valence electrons. The van der Waals surface area contributed by atoms with Crippen LogP contribution >= 0.6 is 0 Å². The predicted molar refractivity (Wildman–Crippen MR) is 80.6 cm³/mol. The van der Waals surface area contributed by atoms with Gasteiger partial charge in [0.25, 0.3) is 0 Å². The Morgan fingerprint density at radius 1 is 1.25 bits per heavy atom. The normalized spacial score (nSPS) is 12.1. The van der Waals surface area contributed by atoms with Crippen molar-refractivity contribution in [2.45, 2.75) is 45.8 Å². The van der Waals surface area contributed by atoms with Gasteiger partial charge in [0.05, 0.1) is 23.4 Å². The van der Waals surface area contributed by atoms with Gasteiger partial charge >= 0.3 is 13.5 Å². The molecule has 0 aliphatic heterocycles. The zero-order valence-electron chi connectivity index (χ0n) is 12.9. The zero-order chi connectivity index (χ0) is 15.4. The lowest BCUT2D eigenvalue weighted by Gasteiger charge is -2.37. The Hall–Kier alpha value is -1.33. The van der Waals surface area contributed by atoms with E-state index in [-0.39, 0.29) is 13.5 Å². The minimum Gasteiger partial charge on any atom is -0.462 e. The van der Waals surface area contributed by atoms with Crippen molar-refractivity contribution >= 4 is 18.9 Å². The quantitative estimate of drug-likeness (QED) is 0.631. The maximum absolute atomic E-state index is 11.9. The third kappa shape index (κ3) is 4.08. The second-order valence-electron chi connectivity index (χ2n) is 5.74. The number of benzene rings is 1. The van der Waals surface area contributed by atoms with Crippen LogP contribution in [-0.2, 0) is 9.39 Å². The molecular formula is C15H23BO4. The molecule has 0 radical (unpaired) electrons. The van der Waals surface area contributed by atoms with E-state index < -0.39 is 11.2 Å². The maximum Gasteiger partial charge on any atom is 0.337 e. The molecule has 0 saturated heterocycles. The largest absolute Gasteiger partial charge is 0.462 e. The van der Waals surface area contributed by atoms with Crippen molar-refractivity contribution in [2.24, 2.45) is 0 Å². The first-order valence-electron chi connectivity index (χ1n) is 6.80. The second kappa shape index (κ2) is 6.42. The van der Waals surface area contributed by atoms with Crippen LogP contribution in [0.1, 0.15) is 45.0 Å². The van der Waals surface area contributed by atoms with E-state index in [0.29, 0.717) is 12.2 Å². The minimum atomic E-state index is -0.980. The molecule has 0 bridgehead atoms. The highest BCUT2D eigenvalue weighted by molar-refractivity contribution is 6.49. The van der Waals surface area contributed by atoms with Gasteiger partial charge in [0.15, 0.2) is 0 Å². The van der Waals surface area contributed by atoms with Crippen LogP contribution in [0.5, 0.6) is 0 Å². The highest BCUT2D eigenvalue weighted by Gasteiger charge is 2.35. The Balaban J connectivity index is 2.86. The Kier molecular flexibility index (Phi) is 5.37. The number of hydrogen-bond acceptors (Lipinski definition) is 4. The van der Waals surface area contributed by atoms with Gasteiger partial charge in [-0.05, 0) is 46.1 Å². The fraction of sp³-hybridized carbons (Fsp3) is 0.533. The smallest absolute Gasteiger partial charge is 0.337 e. The van der Waals surface area contributed by atoms with E-state index >= 15 is 0 Å². The Morgan fingerprint density at radius 3 is 2.40 bits per heavy atom. The molecule has 1 aromatic carbocycles. The molecule has 0 fully saturated rings. The lowest BCUT2D eigenvalue weighted by atomic mass is 9.80. The number of rotatable bonds is 6. The third-order valence-corrected chi connectivity index (χ3v) is 3.57. The average molecular weight is 278 g/mol. The Labute approximate surface area is 121 Å². The number of aliphatic hydroxyl groups is 1. The van der Waals surface area contributed by atoms with Crippen LogP contribution in [0.2, 0.25) is 0 Å². The lowest BCUT2D eigenvalue weighted by Crippen LogP contribution is -2.49. The maximum atomic E-state index is 11.9. The summed E-state index contributed by atoms with van der Waals surface area (Å²) < 4.78 is 10.8. The van der Waals surface area contributed by atoms with Crippen LogP contribution in [0, 0.1) is 0 Å². The van der Waals surface area contributed by atoms with Gasteiger partial charge in [-0.3, -0.25) is 0 Å². The molecule has 4 nitrogen and oxygen atoms in total. The fourth-order valence-electron chi connectivity index (χ4n) is 1.49. The van der Waals surface area contributed by atoms with Crippen molar-refractivity contribution in [1.82, 2.24) is 0 Å². The van der Waals surface area contributed by atoms with E-state index in [1.54, 1.807) is 32.9 Å². The SMILES string of the molecule is CCOC(=O)c1ccccc1BOC(C)(C)C(C)(C)O. The van der Waals surface area contributed by atoms with Crippen molar-refractivity contribution in [3.63, 3.8) is 0 Å². The molecule has 0 saturated carbocycles. The highest BCUT2D eigenvalue weighted by atomic mass is 16.5.